The van der Waals surface area contributed by atoms with Gasteiger partial charge in [-0.25, -0.2) is 12.8 Å². The van der Waals surface area contributed by atoms with Gasteiger partial charge in [-0.1, -0.05) is 23.7 Å². The molecule has 0 saturated carbocycles. The van der Waals surface area contributed by atoms with Crippen LogP contribution >= 0.6 is 11.6 Å². The van der Waals surface area contributed by atoms with Gasteiger partial charge in [0.1, 0.15) is 6.54 Å². The lowest BCUT2D eigenvalue weighted by Crippen LogP contribution is -2.36. The molecule has 0 unspecified atom stereocenters. The van der Waals surface area contributed by atoms with E-state index in [1.54, 1.807) is 6.07 Å². The molecule has 2 aromatic rings. The summed E-state index contributed by atoms with van der Waals surface area (Å²) < 4.78 is 44.7. The summed E-state index contributed by atoms with van der Waals surface area (Å²) in [5.74, 6) is -2.39. The van der Waals surface area contributed by atoms with Crippen LogP contribution in [-0.4, -0.2) is 33.1 Å². The van der Waals surface area contributed by atoms with E-state index in [9.17, 15) is 17.6 Å². The SMILES string of the molecule is COc1ccc(S(=O)(=O)N(CC(=O)O)c2ccccc2Cl)cc1F. The number of ether oxygens (including phenoxy) is 1. The third-order valence-corrected chi connectivity index (χ3v) is 5.19. The Balaban J connectivity index is 2.58. The topological polar surface area (TPSA) is 83.9 Å². The van der Waals surface area contributed by atoms with Crippen LogP contribution in [0.2, 0.25) is 5.02 Å². The minimum absolute atomic E-state index is 0.0159. The number of nitrogens with zero attached hydrogens (tertiary/aromatic N) is 1. The number of sulfonamides is 1. The smallest absolute Gasteiger partial charge is 0.324 e. The molecule has 0 radical (unpaired) electrons. The number of carboxylic acids is 1. The van der Waals surface area contributed by atoms with E-state index in [0.717, 1.165) is 18.2 Å². The number of methoxy groups -OCH3 is 1. The van der Waals surface area contributed by atoms with Crippen LogP contribution in [0, 0.1) is 5.82 Å². The zero-order valence-corrected chi connectivity index (χ0v) is 14.0. The Kier molecular flexibility index (Phi) is 5.30. The summed E-state index contributed by atoms with van der Waals surface area (Å²) in [7, 11) is -3.10. The van der Waals surface area contributed by atoms with Gasteiger partial charge in [0.25, 0.3) is 10.0 Å². The highest BCUT2D eigenvalue weighted by molar-refractivity contribution is 7.92. The zero-order valence-electron chi connectivity index (χ0n) is 12.4. The first kappa shape index (κ1) is 18.0. The number of rotatable bonds is 6. The maximum atomic E-state index is 13.8. The molecule has 0 saturated heterocycles. The average Bonchev–Trinajstić information content (AvgIpc) is 2.53. The molecule has 0 aliphatic rings. The second-order valence-corrected chi connectivity index (χ2v) is 6.92. The summed E-state index contributed by atoms with van der Waals surface area (Å²) in [5, 5.41) is 9.09. The van der Waals surface area contributed by atoms with Crippen molar-refractivity contribution >= 4 is 33.3 Å². The lowest BCUT2D eigenvalue weighted by atomic mass is 10.3. The fraction of sp³-hybridized carbons (Fsp3) is 0.133. The van der Waals surface area contributed by atoms with Crippen LogP contribution in [0.1, 0.15) is 0 Å². The maximum Gasteiger partial charge on any atom is 0.324 e. The molecule has 1 N–H and O–H groups in total. The fourth-order valence-corrected chi connectivity index (χ4v) is 3.74. The molecule has 2 rings (SSSR count). The van der Waals surface area contributed by atoms with E-state index in [2.05, 4.69) is 0 Å². The Bertz CT molecular complexity index is 872. The second kappa shape index (κ2) is 7.06. The maximum absolute atomic E-state index is 13.8. The average molecular weight is 374 g/mol. The van der Waals surface area contributed by atoms with Crippen molar-refractivity contribution in [3.63, 3.8) is 0 Å². The summed E-state index contributed by atoms with van der Waals surface area (Å²) in [6.07, 6.45) is 0. The normalized spacial score (nSPS) is 11.1. The van der Waals surface area contributed by atoms with Crippen molar-refractivity contribution in [1.82, 2.24) is 0 Å². The molecule has 0 aliphatic heterocycles. The minimum Gasteiger partial charge on any atom is -0.494 e. The predicted octanol–water partition coefficient (Wildman–Crippen LogP) is 2.77. The van der Waals surface area contributed by atoms with Crippen molar-refractivity contribution in [3.8, 4) is 5.75 Å². The van der Waals surface area contributed by atoms with Gasteiger partial charge in [0.2, 0.25) is 0 Å². The summed E-state index contributed by atoms with van der Waals surface area (Å²) in [6, 6.07) is 8.92. The van der Waals surface area contributed by atoms with E-state index >= 15 is 0 Å². The van der Waals surface area contributed by atoms with Crippen molar-refractivity contribution in [2.24, 2.45) is 0 Å². The number of anilines is 1. The first-order valence-corrected chi connectivity index (χ1v) is 8.41. The van der Waals surface area contributed by atoms with Crippen molar-refractivity contribution in [2.45, 2.75) is 4.90 Å². The molecule has 0 atom stereocenters. The number of hydrogen-bond acceptors (Lipinski definition) is 4. The van der Waals surface area contributed by atoms with E-state index in [-0.39, 0.29) is 16.5 Å². The quantitative estimate of drug-likeness (QED) is 0.841. The highest BCUT2D eigenvalue weighted by Gasteiger charge is 2.29. The van der Waals surface area contributed by atoms with Crippen molar-refractivity contribution < 1.29 is 27.4 Å². The van der Waals surface area contributed by atoms with Crippen LogP contribution in [0.3, 0.4) is 0 Å². The highest BCUT2D eigenvalue weighted by Crippen LogP contribution is 2.31. The number of carbonyl (C=O) groups is 1. The monoisotopic (exact) mass is 373 g/mol. The molecule has 128 valence electrons. The molecule has 0 spiro atoms. The van der Waals surface area contributed by atoms with Gasteiger partial charge < -0.3 is 9.84 Å². The first-order chi connectivity index (χ1) is 11.3. The van der Waals surface area contributed by atoms with Crippen LogP contribution in [0.15, 0.2) is 47.4 Å². The lowest BCUT2D eigenvalue weighted by Gasteiger charge is -2.23. The summed E-state index contributed by atoms with van der Waals surface area (Å²) >= 11 is 5.98. The predicted molar refractivity (Wildman–Crippen MR) is 86.6 cm³/mol. The molecular formula is C15H13ClFNO5S. The number of aliphatic carboxylic acids is 1. The zero-order chi connectivity index (χ0) is 17.9. The lowest BCUT2D eigenvalue weighted by molar-refractivity contribution is -0.135. The molecule has 9 heteroatoms. The van der Waals surface area contributed by atoms with Gasteiger partial charge in [0.05, 0.1) is 22.7 Å². The molecule has 24 heavy (non-hydrogen) atoms. The van der Waals surface area contributed by atoms with Gasteiger partial charge in [-0.15, -0.1) is 0 Å². The molecule has 0 heterocycles. The first-order valence-electron chi connectivity index (χ1n) is 6.60. The Morgan fingerprint density at radius 2 is 1.96 bits per heavy atom. The van der Waals surface area contributed by atoms with Crippen LogP contribution in [-0.2, 0) is 14.8 Å². The molecule has 2 aromatic carbocycles. The van der Waals surface area contributed by atoms with E-state index in [4.69, 9.17) is 21.4 Å². The van der Waals surface area contributed by atoms with Crippen LogP contribution in [0.5, 0.6) is 5.75 Å². The summed E-state index contributed by atoms with van der Waals surface area (Å²) in [4.78, 5) is 10.7. The van der Waals surface area contributed by atoms with Crippen molar-refractivity contribution in [1.29, 1.82) is 0 Å². The van der Waals surface area contributed by atoms with E-state index < -0.39 is 33.3 Å². The third-order valence-electron chi connectivity index (χ3n) is 3.11. The van der Waals surface area contributed by atoms with E-state index in [0.29, 0.717) is 4.31 Å². The van der Waals surface area contributed by atoms with Crippen LogP contribution in [0.25, 0.3) is 0 Å². The Morgan fingerprint density at radius 1 is 1.29 bits per heavy atom. The second-order valence-electron chi connectivity index (χ2n) is 4.65. The Morgan fingerprint density at radius 3 is 2.50 bits per heavy atom. The molecule has 0 aliphatic carbocycles. The number of para-hydroxylation sites is 1. The molecular weight excluding hydrogens is 361 g/mol. The minimum atomic E-state index is -4.35. The van der Waals surface area contributed by atoms with Gasteiger partial charge >= 0.3 is 5.97 Å². The largest absolute Gasteiger partial charge is 0.494 e. The van der Waals surface area contributed by atoms with Crippen LogP contribution in [0.4, 0.5) is 10.1 Å². The number of halogens is 2. The molecule has 0 aromatic heterocycles. The van der Waals surface area contributed by atoms with E-state index in [1.807, 2.05) is 0 Å². The fourth-order valence-electron chi connectivity index (χ4n) is 2.01. The Labute approximate surface area is 143 Å². The molecule has 0 fully saturated rings. The number of hydrogen-bond donors (Lipinski definition) is 1. The van der Waals surface area contributed by atoms with Gasteiger partial charge in [0.15, 0.2) is 11.6 Å². The van der Waals surface area contributed by atoms with Gasteiger partial charge in [-0.2, -0.15) is 0 Å². The standard InChI is InChI=1S/C15H13ClFNO5S/c1-23-14-7-6-10(8-12(14)17)24(21,22)18(9-15(19)20)13-5-3-2-4-11(13)16/h2-8H,9H2,1H3,(H,19,20). The van der Waals surface area contributed by atoms with Gasteiger partial charge in [-0.05, 0) is 30.3 Å². The number of benzene rings is 2. The highest BCUT2D eigenvalue weighted by atomic mass is 35.5. The van der Waals surface area contributed by atoms with Crippen molar-refractivity contribution in [2.75, 3.05) is 18.0 Å². The van der Waals surface area contributed by atoms with Gasteiger partial charge in [0, 0.05) is 0 Å². The Hall–Kier alpha value is -2.32. The van der Waals surface area contributed by atoms with Crippen molar-refractivity contribution in [3.05, 3.63) is 53.3 Å². The van der Waals surface area contributed by atoms with Gasteiger partial charge in [-0.3, -0.25) is 9.10 Å². The molecule has 6 nitrogen and oxygen atoms in total. The third kappa shape index (κ3) is 3.60. The summed E-state index contributed by atoms with van der Waals surface area (Å²) in [6.45, 7) is -0.861. The number of carboxylic acid groups (broad SMARTS) is 1. The van der Waals surface area contributed by atoms with E-state index in [1.165, 1.54) is 25.3 Å². The van der Waals surface area contributed by atoms with Crippen LogP contribution < -0.4 is 9.04 Å². The summed E-state index contributed by atoms with van der Waals surface area (Å²) in [5.41, 5.74) is -0.0159. The molecule has 0 amide bonds. The molecule has 0 bridgehead atoms.